The van der Waals surface area contributed by atoms with Crippen LogP contribution in [0.25, 0.3) is 0 Å². The lowest BCUT2D eigenvalue weighted by atomic mass is 10.2. The van der Waals surface area contributed by atoms with Crippen molar-refractivity contribution in [1.29, 1.82) is 0 Å². The fraction of sp³-hybridized carbons (Fsp3) is 0.143. The molecule has 0 aliphatic carbocycles. The Kier molecular flexibility index (Phi) is 4.71. The Bertz CT molecular complexity index is 570. The van der Waals surface area contributed by atoms with Crippen LogP contribution in [0.4, 0.5) is 0 Å². The maximum Gasteiger partial charge on any atom is 0.141 e. The van der Waals surface area contributed by atoms with Gasteiger partial charge in [0.1, 0.15) is 11.5 Å². The number of hydrogen-bond acceptors (Lipinski definition) is 1. The molecule has 0 aromatic heterocycles. The molecule has 0 N–H and O–H groups in total. The van der Waals surface area contributed by atoms with Gasteiger partial charge in [-0.25, -0.2) is 0 Å². The van der Waals surface area contributed by atoms with Crippen LogP contribution in [0, 0.1) is 6.92 Å². The molecule has 0 fully saturated rings. The minimum Gasteiger partial charge on any atom is -0.456 e. The maximum absolute atomic E-state index is 6.00. The fourth-order valence-electron chi connectivity index (χ4n) is 1.54. The Morgan fingerprint density at radius 2 is 1.89 bits per heavy atom. The first-order valence-electron chi connectivity index (χ1n) is 5.38. The first kappa shape index (κ1) is 13.9. The Morgan fingerprint density at radius 3 is 2.56 bits per heavy atom. The van der Waals surface area contributed by atoms with Gasteiger partial charge in [-0.2, -0.15) is 0 Å². The third-order valence-electron chi connectivity index (χ3n) is 2.48. The van der Waals surface area contributed by atoms with Gasteiger partial charge in [0.05, 0.1) is 4.47 Å². The molecule has 0 atom stereocenters. The molecule has 0 unspecified atom stereocenters. The van der Waals surface area contributed by atoms with E-state index in [0.717, 1.165) is 26.9 Å². The second-order valence-corrected chi connectivity index (χ2v) is 5.77. The summed E-state index contributed by atoms with van der Waals surface area (Å²) in [6.45, 7) is 2.04. The largest absolute Gasteiger partial charge is 0.456 e. The third kappa shape index (κ3) is 3.28. The van der Waals surface area contributed by atoms with Crippen LogP contribution >= 0.6 is 43.5 Å². The van der Waals surface area contributed by atoms with Gasteiger partial charge >= 0.3 is 0 Å². The molecule has 4 heteroatoms. The van der Waals surface area contributed by atoms with E-state index >= 15 is 0 Å². The molecule has 0 amide bonds. The molecule has 0 aliphatic heterocycles. The standard InChI is InChI=1S/C14H11Br2ClO/c1-9-2-5-13(12(16)6-9)18-14-7-11(17)4-3-10(14)8-15/h2-7H,8H2,1H3. The summed E-state index contributed by atoms with van der Waals surface area (Å²) in [7, 11) is 0. The molecular weight excluding hydrogens is 379 g/mol. The normalized spacial score (nSPS) is 10.4. The summed E-state index contributed by atoms with van der Waals surface area (Å²) in [6.07, 6.45) is 0. The molecule has 0 aliphatic rings. The van der Waals surface area contributed by atoms with Crippen LogP contribution in [0.5, 0.6) is 11.5 Å². The van der Waals surface area contributed by atoms with E-state index in [4.69, 9.17) is 16.3 Å². The highest BCUT2D eigenvalue weighted by molar-refractivity contribution is 9.10. The van der Waals surface area contributed by atoms with Gasteiger partial charge in [-0.05, 0) is 52.7 Å². The zero-order valence-electron chi connectivity index (χ0n) is 9.71. The molecule has 2 rings (SSSR count). The van der Waals surface area contributed by atoms with E-state index in [1.807, 2.05) is 43.3 Å². The quantitative estimate of drug-likeness (QED) is 0.576. The molecule has 94 valence electrons. The molecule has 1 nitrogen and oxygen atoms in total. The summed E-state index contributed by atoms with van der Waals surface area (Å²) >= 11 is 12.9. The van der Waals surface area contributed by atoms with Gasteiger partial charge in [0.2, 0.25) is 0 Å². The molecule has 0 heterocycles. The summed E-state index contributed by atoms with van der Waals surface area (Å²) in [4.78, 5) is 0. The number of benzene rings is 2. The van der Waals surface area contributed by atoms with E-state index < -0.39 is 0 Å². The highest BCUT2D eigenvalue weighted by Crippen LogP contribution is 2.34. The molecule has 0 saturated carbocycles. The average molecular weight is 391 g/mol. The van der Waals surface area contributed by atoms with Crippen molar-refractivity contribution >= 4 is 43.5 Å². The van der Waals surface area contributed by atoms with Crippen molar-refractivity contribution in [2.45, 2.75) is 12.3 Å². The number of rotatable bonds is 3. The Morgan fingerprint density at radius 1 is 1.11 bits per heavy atom. The second-order valence-electron chi connectivity index (χ2n) is 3.92. The van der Waals surface area contributed by atoms with Crippen molar-refractivity contribution in [2.24, 2.45) is 0 Å². The molecule has 0 bridgehead atoms. The minimum absolute atomic E-state index is 0.665. The topological polar surface area (TPSA) is 9.23 Å². The second kappa shape index (κ2) is 6.09. The average Bonchev–Trinajstić information content (AvgIpc) is 2.33. The first-order valence-corrected chi connectivity index (χ1v) is 7.68. The lowest BCUT2D eigenvalue weighted by Crippen LogP contribution is -1.90. The van der Waals surface area contributed by atoms with Crippen molar-refractivity contribution in [2.75, 3.05) is 0 Å². The van der Waals surface area contributed by atoms with Crippen molar-refractivity contribution in [3.05, 3.63) is 57.0 Å². The van der Waals surface area contributed by atoms with Crippen molar-refractivity contribution < 1.29 is 4.74 Å². The maximum atomic E-state index is 6.00. The van der Waals surface area contributed by atoms with E-state index in [-0.39, 0.29) is 0 Å². The number of hydrogen-bond donors (Lipinski definition) is 0. The zero-order chi connectivity index (χ0) is 13.1. The Balaban J connectivity index is 2.36. The number of halogens is 3. The molecule has 0 saturated heterocycles. The van der Waals surface area contributed by atoms with Gasteiger partial charge < -0.3 is 4.74 Å². The van der Waals surface area contributed by atoms with Crippen LogP contribution < -0.4 is 4.74 Å². The van der Waals surface area contributed by atoms with Crippen molar-refractivity contribution in [1.82, 2.24) is 0 Å². The lowest BCUT2D eigenvalue weighted by molar-refractivity contribution is 0.475. The van der Waals surface area contributed by atoms with Crippen molar-refractivity contribution in [3.63, 3.8) is 0 Å². The molecule has 0 spiro atoms. The van der Waals surface area contributed by atoms with E-state index in [1.165, 1.54) is 5.56 Å². The van der Waals surface area contributed by atoms with Crippen LogP contribution in [0.2, 0.25) is 5.02 Å². The molecule has 2 aromatic carbocycles. The van der Waals surface area contributed by atoms with Gasteiger partial charge in [0.25, 0.3) is 0 Å². The molecule has 2 aromatic rings. The van der Waals surface area contributed by atoms with E-state index in [2.05, 4.69) is 31.9 Å². The van der Waals surface area contributed by atoms with Crippen LogP contribution in [0.15, 0.2) is 40.9 Å². The van der Waals surface area contributed by atoms with Crippen LogP contribution in [-0.2, 0) is 5.33 Å². The third-order valence-corrected chi connectivity index (χ3v) is 3.94. The highest BCUT2D eigenvalue weighted by atomic mass is 79.9. The summed E-state index contributed by atoms with van der Waals surface area (Å²) in [6, 6.07) is 11.6. The molecular formula is C14H11Br2ClO. The van der Waals surface area contributed by atoms with Gasteiger partial charge in [0, 0.05) is 15.9 Å². The van der Waals surface area contributed by atoms with Crippen molar-refractivity contribution in [3.8, 4) is 11.5 Å². The van der Waals surface area contributed by atoms with Crippen LogP contribution in [-0.4, -0.2) is 0 Å². The SMILES string of the molecule is Cc1ccc(Oc2cc(Cl)ccc2CBr)c(Br)c1. The Hall–Kier alpha value is -0.510. The highest BCUT2D eigenvalue weighted by Gasteiger charge is 2.08. The zero-order valence-corrected chi connectivity index (χ0v) is 13.6. The summed E-state index contributed by atoms with van der Waals surface area (Å²) in [5, 5.41) is 1.39. The summed E-state index contributed by atoms with van der Waals surface area (Å²) in [5.74, 6) is 1.55. The predicted octanol–water partition coefficient (Wildman–Crippen LogP) is 6.10. The summed E-state index contributed by atoms with van der Waals surface area (Å²) in [5.41, 5.74) is 2.24. The number of ether oxygens (including phenoxy) is 1. The number of alkyl halides is 1. The summed E-state index contributed by atoms with van der Waals surface area (Å²) < 4.78 is 6.84. The van der Waals surface area contributed by atoms with E-state index in [0.29, 0.717) is 5.02 Å². The fourth-order valence-corrected chi connectivity index (χ4v) is 2.74. The smallest absolute Gasteiger partial charge is 0.141 e. The number of aryl methyl sites for hydroxylation is 1. The van der Waals surface area contributed by atoms with Gasteiger partial charge in [-0.1, -0.05) is 39.7 Å². The monoisotopic (exact) mass is 388 g/mol. The lowest BCUT2D eigenvalue weighted by Gasteiger charge is -2.12. The molecule has 0 radical (unpaired) electrons. The minimum atomic E-state index is 0.665. The Labute approximate surface area is 128 Å². The van der Waals surface area contributed by atoms with Gasteiger partial charge in [-0.15, -0.1) is 0 Å². The van der Waals surface area contributed by atoms with Gasteiger partial charge in [-0.3, -0.25) is 0 Å². The first-order chi connectivity index (χ1) is 8.60. The van der Waals surface area contributed by atoms with E-state index in [1.54, 1.807) is 0 Å². The van der Waals surface area contributed by atoms with E-state index in [9.17, 15) is 0 Å². The van der Waals surface area contributed by atoms with Crippen LogP contribution in [0.3, 0.4) is 0 Å². The predicted molar refractivity (Wildman–Crippen MR) is 83.0 cm³/mol. The van der Waals surface area contributed by atoms with Gasteiger partial charge in [0.15, 0.2) is 0 Å². The molecule has 18 heavy (non-hydrogen) atoms. The van der Waals surface area contributed by atoms with Crippen LogP contribution in [0.1, 0.15) is 11.1 Å².